The van der Waals surface area contributed by atoms with Crippen molar-refractivity contribution in [1.82, 2.24) is 9.88 Å². The van der Waals surface area contributed by atoms with Gasteiger partial charge in [-0.3, -0.25) is 0 Å². The first kappa shape index (κ1) is 16.6. The number of hydrogen-bond donors (Lipinski definition) is 1. The first-order valence-corrected chi connectivity index (χ1v) is 7.78. The molecule has 122 valence electrons. The lowest BCUT2D eigenvalue weighted by atomic mass is 10.3. The van der Waals surface area contributed by atoms with Crippen molar-refractivity contribution in [2.45, 2.75) is 37.6 Å². The number of nitrogens with zero attached hydrogens (tertiary/aromatic N) is 1. The molecule has 2 aromatic rings. The second kappa shape index (κ2) is 5.76. The zero-order valence-electron chi connectivity index (χ0n) is 11.6. The molecule has 0 saturated carbocycles. The van der Waals surface area contributed by atoms with Crippen molar-refractivity contribution in [2.75, 3.05) is 0 Å². The molecule has 2 heterocycles. The molecule has 10 heteroatoms. The van der Waals surface area contributed by atoms with E-state index in [1.165, 1.54) is 6.07 Å². The van der Waals surface area contributed by atoms with E-state index in [-0.39, 0.29) is 17.5 Å². The van der Waals surface area contributed by atoms with Gasteiger partial charge in [-0.2, -0.15) is 13.2 Å². The lowest BCUT2D eigenvalue weighted by Crippen LogP contribution is -2.31. The molecule has 0 saturated heterocycles. The zero-order valence-corrected chi connectivity index (χ0v) is 12.5. The van der Waals surface area contributed by atoms with E-state index in [9.17, 15) is 21.6 Å². The van der Waals surface area contributed by atoms with Gasteiger partial charge in [0.05, 0.1) is 0 Å². The highest BCUT2D eigenvalue weighted by Crippen LogP contribution is 2.33. The Balaban J connectivity index is 2.27. The summed E-state index contributed by atoms with van der Waals surface area (Å²) in [4.78, 5) is 0. The SMILES string of the molecule is CC[C@@H](C)NS(=O)(=O)c1ccc(-c2cc(C(F)(F)F)on2)o1. The van der Waals surface area contributed by atoms with Crippen LogP contribution in [0.25, 0.3) is 11.5 Å². The van der Waals surface area contributed by atoms with Crippen molar-refractivity contribution in [3.63, 3.8) is 0 Å². The fourth-order valence-corrected chi connectivity index (χ4v) is 2.79. The van der Waals surface area contributed by atoms with E-state index in [1.54, 1.807) is 13.8 Å². The van der Waals surface area contributed by atoms with Gasteiger partial charge in [-0.15, -0.1) is 0 Å². The van der Waals surface area contributed by atoms with Gasteiger partial charge in [0.2, 0.25) is 10.9 Å². The number of halogens is 3. The third-order valence-corrected chi connectivity index (χ3v) is 4.32. The van der Waals surface area contributed by atoms with E-state index in [2.05, 4.69) is 14.4 Å². The van der Waals surface area contributed by atoms with E-state index < -0.39 is 27.1 Å². The fourth-order valence-electron chi connectivity index (χ4n) is 1.53. The maximum atomic E-state index is 12.4. The lowest BCUT2D eigenvalue weighted by Gasteiger charge is -2.09. The Kier molecular flexibility index (Phi) is 4.34. The first-order chi connectivity index (χ1) is 10.1. The summed E-state index contributed by atoms with van der Waals surface area (Å²) in [6.07, 6.45) is -4.10. The molecule has 0 spiro atoms. The molecule has 6 nitrogen and oxygen atoms in total. The van der Waals surface area contributed by atoms with Crippen molar-refractivity contribution < 1.29 is 30.5 Å². The normalized spacial score (nSPS) is 14.2. The number of rotatable bonds is 5. The minimum Gasteiger partial charge on any atom is -0.441 e. The summed E-state index contributed by atoms with van der Waals surface area (Å²) in [5.74, 6) is -1.43. The molecule has 1 N–H and O–H groups in total. The Hall–Kier alpha value is -1.81. The van der Waals surface area contributed by atoms with E-state index in [4.69, 9.17) is 4.42 Å². The summed E-state index contributed by atoms with van der Waals surface area (Å²) in [6.45, 7) is 3.48. The lowest BCUT2D eigenvalue weighted by molar-refractivity contribution is -0.155. The Morgan fingerprint density at radius 1 is 1.36 bits per heavy atom. The van der Waals surface area contributed by atoms with Crippen LogP contribution in [0.2, 0.25) is 0 Å². The van der Waals surface area contributed by atoms with Gasteiger partial charge in [-0.25, -0.2) is 13.1 Å². The monoisotopic (exact) mass is 338 g/mol. The molecule has 2 rings (SSSR count). The molecule has 1 atom stereocenters. The molecular weight excluding hydrogens is 325 g/mol. The van der Waals surface area contributed by atoms with Crippen LogP contribution >= 0.6 is 0 Å². The maximum absolute atomic E-state index is 12.4. The third kappa shape index (κ3) is 3.50. The molecule has 22 heavy (non-hydrogen) atoms. The Morgan fingerprint density at radius 3 is 2.59 bits per heavy atom. The fraction of sp³-hybridized carbons (Fsp3) is 0.417. The Bertz CT molecular complexity index is 749. The van der Waals surface area contributed by atoms with Gasteiger partial charge in [0.15, 0.2) is 5.76 Å². The van der Waals surface area contributed by atoms with E-state index in [0.29, 0.717) is 12.5 Å². The quantitative estimate of drug-likeness (QED) is 0.906. The molecule has 0 aliphatic carbocycles. The largest absolute Gasteiger partial charge is 0.452 e. The molecule has 0 amide bonds. The molecule has 0 aliphatic heterocycles. The van der Waals surface area contributed by atoms with E-state index in [1.807, 2.05) is 0 Å². The third-order valence-electron chi connectivity index (χ3n) is 2.86. The molecular formula is C12H13F3N2O4S. The summed E-state index contributed by atoms with van der Waals surface area (Å²) in [7, 11) is -3.88. The number of nitrogens with one attached hydrogen (secondary N) is 1. The van der Waals surface area contributed by atoms with Gasteiger partial charge in [-0.05, 0) is 25.5 Å². The molecule has 0 aromatic carbocycles. The van der Waals surface area contributed by atoms with Crippen LogP contribution in [0.1, 0.15) is 26.0 Å². The van der Waals surface area contributed by atoms with Gasteiger partial charge < -0.3 is 8.94 Å². The van der Waals surface area contributed by atoms with Crippen LogP contribution in [0, 0.1) is 0 Å². The van der Waals surface area contributed by atoms with Gasteiger partial charge in [-0.1, -0.05) is 12.1 Å². The van der Waals surface area contributed by atoms with Gasteiger partial charge >= 0.3 is 6.18 Å². The molecule has 0 fully saturated rings. The summed E-state index contributed by atoms with van der Waals surface area (Å²) < 4.78 is 72.8. The van der Waals surface area contributed by atoms with E-state index in [0.717, 1.165) is 6.07 Å². The number of aromatic nitrogens is 1. The molecule has 0 bridgehead atoms. The predicted molar refractivity (Wildman–Crippen MR) is 69.3 cm³/mol. The second-order valence-corrected chi connectivity index (χ2v) is 6.27. The smallest absolute Gasteiger partial charge is 0.441 e. The van der Waals surface area contributed by atoms with Gasteiger partial charge in [0.1, 0.15) is 5.69 Å². The minimum absolute atomic E-state index is 0.135. The average Bonchev–Trinajstić information content (AvgIpc) is 3.06. The summed E-state index contributed by atoms with van der Waals surface area (Å²) in [5.41, 5.74) is -0.239. The predicted octanol–water partition coefficient (Wildman–Crippen LogP) is 3.03. The number of furan rings is 1. The van der Waals surface area contributed by atoms with Crippen LogP contribution in [0.5, 0.6) is 0 Å². The minimum atomic E-state index is -4.68. The Morgan fingerprint density at radius 2 is 2.05 bits per heavy atom. The Labute approximate surface area is 124 Å². The van der Waals surface area contributed by atoms with Crippen molar-refractivity contribution in [1.29, 1.82) is 0 Å². The molecule has 0 radical (unpaired) electrons. The van der Waals surface area contributed by atoms with Crippen LogP contribution in [-0.2, 0) is 16.2 Å². The summed E-state index contributed by atoms with van der Waals surface area (Å²) in [5, 5.41) is 2.82. The maximum Gasteiger partial charge on any atom is 0.452 e. The molecule has 0 aliphatic rings. The number of alkyl halides is 3. The molecule has 2 aromatic heterocycles. The highest BCUT2D eigenvalue weighted by molar-refractivity contribution is 7.89. The van der Waals surface area contributed by atoms with Crippen LogP contribution in [0.3, 0.4) is 0 Å². The first-order valence-electron chi connectivity index (χ1n) is 6.30. The van der Waals surface area contributed by atoms with E-state index >= 15 is 0 Å². The van der Waals surface area contributed by atoms with Crippen molar-refractivity contribution in [3.05, 3.63) is 24.0 Å². The van der Waals surface area contributed by atoms with Crippen LogP contribution in [0.15, 0.2) is 32.2 Å². The van der Waals surface area contributed by atoms with Gasteiger partial charge in [0, 0.05) is 12.1 Å². The average molecular weight is 338 g/mol. The van der Waals surface area contributed by atoms with Crippen molar-refractivity contribution in [3.8, 4) is 11.5 Å². The van der Waals surface area contributed by atoms with Gasteiger partial charge in [0.25, 0.3) is 10.0 Å². The van der Waals surface area contributed by atoms with Crippen LogP contribution in [-0.4, -0.2) is 19.6 Å². The zero-order chi connectivity index (χ0) is 16.5. The number of sulfonamides is 1. The topological polar surface area (TPSA) is 85.3 Å². The highest BCUT2D eigenvalue weighted by atomic mass is 32.2. The number of hydrogen-bond acceptors (Lipinski definition) is 5. The van der Waals surface area contributed by atoms with Crippen molar-refractivity contribution in [2.24, 2.45) is 0 Å². The van der Waals surface area contributed by atoms with Crippen LogP contribution in [0.4, 0.5) is 13.2 Å². The standard InChI is InChI=1S/C12H13F3N2O4S/c1-3-7(2)17-22(18,19)11-5-4-9(20-11)8-6-10(21-16-8)12(13,14)15/h4-7,17H,3H2,1-2H3/t7-/m1/s1. The molecule has 0 unspecified atom stereocenters. The summed E-state index contributed by atoms with van der Waals surface area (Å²) in [6, 6.07) is 2.69. The van der Waals surface area contributed by atoms with Crippen molar-refractivity contribution >= 4 is 10.0 Å². The summed E-state index contributed by atoms with van der Waals surface area (Å²) >= 11 is 0. The second-order valence-electron chi connectivity index (χ2n) is 4.62. The highest BCUT2D eigenvalue weighted by Gasteiger charge is 2.36. The van der Waals surface area contributed by atoms with Crippen LogP contribution < -0.4 is 4.72 Å².